The predicted molar refractivity (Wildman–Crippen MR) is 90.6 cm³/mol. The van der Waals surface area contributed by atoms with Crippen molar-refractivity contribution < 1.29 is 5.11 Å². The number of rotatable bonds is 4. The molecular weight excluding hydrogens is 270 g/mol. The molecule has 0 saturated carbocycles. The molecule has 2 heteroatoms. The van der Waals surface area contributed by atoms with Crippen LogP contribution in [0.15, 0.2) is 60.7 Å². The van der Waals surface area contributed by atoms with Crippen LogP contribution in [0.1, 0.15) is 43.0 Å². The van der Waals surface area contributed by atoms with Crippen molar-refractivity contribution in [2.24, 2.45) is 5.92 Å². The van der Waals surface area contributed by atoms with Gasteiger partial charge in [0.1, 0.15) is 0 Å². The zero-order chi connectivity index (χ0) is 15.4. The second-order valence-electron chi connectivity index (χ2n) is 6.45. The fourth-order valence-corrected chi connectivity index (χ4v) is 3.55. The van der Waals surface area contributed by atoms with E-state index in [2.05, 4.69) is 36.1 Å². The molecule has 2 aromatic rings. The van der Waals surface area contributed by atoms with E-state index in [1.165, 1.54) is 18.4 Å². The minimum Gasteiger partial charge on any atom is -0.386 e. The Bertz CT molecular complexity index is 569. The minimum atomic E-state index is -0.492. The maximum Gasteiger partial charge on any atom is 0.0986 e. The van der Waals surface area contributed by atoms with Crippen molar-refractivity contribution >= 4 is 0 Å². The summed E-state index contributed by atoms with van der Waals surface area (Å²) < 4.78 is 0. The standard InChI is InChI=1S/C20H25NO/c1-16-9-8-14-21(15-16)19(17-10-4-2-5-11-17)20(22)18-12-6-3-7-13-18/h2-7,10-13,16,19-20,22H,8-9,14-15H2,1H3/t16-,19-,20+/m0/s1. The van der Waals surface area contributed by atoms with Crippen LogP contribution in [0.4, 0.5) is 0 Å². The van der Waals surface area contributed by atoms with Crippen LogP contribution in [0.3, 0.4) is 0 Å². The van der Waals surface area contributed by atoms with E-state index in [1.54, 1.807) is 0 Å². The van der Waals surface area contributed by atoms with Gasteiger partial charge in [0.15, 0.2) is 0 Å². The van der Waals surface area contributed by atoms with Gasteiger partial charge in [-0.3, -0.25) is 4.90 Å². The predicted octanol–water partition coefficient (Wildman–Crippen LogP) is 4.19. The van der Waals surface area contributed by atoms with Gasteiger partial charge in [0.05, 0.1) is 12.1 Å². The molecule has 0 aromatic heterocycles. The maximum atomic E-state index is 11.0. The molecule has 0 aliphatic carbocycles. The lowest BCUT2D eigenvalue weighted by atomic mass is 9.90. The van der Waals surface area contributed by atoms with Crippen LogP contribution >= 0.6 is 0 Å². The maximum absolute atomic E-state index is 11.0. The summed E-state index contributed by atoms with van der Waals surface area (Å²) in [5, 5.41) is 11.0. The molecule has 0 bridgehead atoms. The number of hydrogen-bond acceptors (Lipinski definition) is 2. The minimum absolute atomic E-state index is 0.0337. The van der Waals surface area contributed by atoms with E-state index in [9.17, 15) is 5.11 Å². The van der Waals surface area contributed by atoms with E-state index in [-0.39, 0.29) is 6.04 Å². The molecule has 1 saturated heterocycles. The highest BCUT2D eigenvalue weighted by Crippen LogP contribution is 2.36. The van der Waals surface area contributed by atoms with Gasteiger partial charge in [-0.05, 0) is 36.4 Å². The van der Waals surface area contributed by atoms with Crippen LogP contribution in [-0.4, -0.2) is 23.1 Å². The molecule has 2 aromatic carbocycles. The van der Waals surface area contributed by atoms with Crippen molar-refractivity contribution in [3.05, 3.63) is 71.8 Å². The van der Waals surface area contributed by atoms with E-state index >= 15 is 0 Å². The van der Waals surface area contributed by atoms with E-state index in [4.69, 9.17) is 0 Å². The molecule has 1 aliphatic heterocycles. The number of benzene rings is 2. The van der Waals surface area contributed by atoms with Gasteiger partial charge in [-0.15, -0.1) is 0 Å². The molecule has 0 radical (unpaired) electrons. The van der Waals surface area contributed by atoms with E-state index in [0.717, 1.165) is 18.7 Å². The SMILES string of the molecule is C[C@H]1CCCN([C@@H](c2ccccc2)[C@H](O)c2ccccc2)C1. The molecule has 3 atom stereocenters. The molecule has 3 rings (SSSR count). The molecule has 0 amide bonds. The number of piperidine rings is 1. The van der Waals surface area contributed by atoms with Gasteiger partial charge in [0.2, 0.25) is 0 Å². The second kappa shape index (κ2) is 7.08. The molecule has 0 spiro atoms. The van der Waals surface area contributed by atoms with Crippen LogP contribution < -0.4 is 0 Å². The fraction of sp³-hybridized carbons (Fsp3) is 0.400. The second-order valence-corrected chi connectivity index (χ2v) is 6.45. The van der Waals surface area contributed by atoms with Crippen LogP contribution in [0, 0.1) is 5.92 Å². The average molecular weight is 295 g/mol. The highest BCUT2D eigenvalue weighted by molar-refractivity contribution is 5.26. The van der Waals surface area contributed by atoms with Gasteiger partial charge >= 0.3 is 0 Å². The van der Waals surface area contributed by atoms with E-state index in [0.29, 0.717) is 5.92 Å². The highest BCUT2D eigenvalue weighted by Gasteiger charge is 2.31. The number of hydrogen-bond donors (Lipinski definition) is 1. The van der Waals surface area contributed by atoms with Gasteiger partial charge in [0.25, 0.3) is 0 Å². The van der Waals surface area contributed by atoms with Crippen LogP contribution in [0.2, 0.25) is 0 Å². The fourth-order valence-electron chi connectivity index (χ4n) is 3.55. The summed E-state index contributed by atoms with van der Waals surface area (Å²) in [5.41, 5.74) is 2.20. The van der Waals surface area contributed by atoms with Crippen molar-refractivity contribution in [3.8, 4) is 0 Å². The molecular formula is C20H25NO. The van der Waals surface area contributed by atoms with Gasteiger partial charge < -0.3 is 5.11 Å². The lowest BCUT2D eigenvalue weighted by Gasteiger charge is -2.40. The molecule has 1 N–H and O–H groups in total. The first-order chi connectivity index (χ1) is 10.8. The van der Waals surface area contributed by atoms with Crippen molar-refractivity contribution in [2.45, 2.75) is 31.9 Å². The lowest BCUT2D eigenvalue weighted by Crippen LogP contribution is -2.40. The van der Waals surface area contributed by atoms with E-state index < -0.39 is 6.10 Å². The molecule has 22 heavy (non-hydrogen) atoms. The summed E-state index contributed by atoms with van der Waals surface area (Å²) in [6.07, 6.45) is 2.01. The Kier molecular flexibility index (Phi) is 4.91. The Morgan fingerprint density at radius 3 is 2.14 bits per heavy atom. The van der Waals surface area contributed by atoms with Crippen LogP contribution in [0.25, 0.3) is 0 Å². The third-order valence-electron chi connectivity index (χ3n) is 4.66. The number of aliphatic hydroxyl groups excluding tert-OH is 1. The first-order valence-corrected chi connectivity index (χ1v) is 8.27. The summed E-state index contributed by atoms with van der Waals surface area (Å²) in [5.74, 6) is 0.697. The third kappa shape index (κ3) is 3.40. The third-order valence-corrected chi connectivity index (χ3v) is 4.66. The zero-order valence-electron chi connectivity index (χ0n) is 13.2. The molecule has 1 fully saturated rings. The largest absolute Gasteiger partial charge is 0.386 e. The molecule has 0 unspecified atom stereocenters. The quantitative estimate of drug-likeness (QED) is 0.914. The summed E-state index contributed by atoms with van der Waals surface area (Å²) in [7, 11) is 0. The summed E-state index contributed by atoms with van der Waals surface area (Å²) in [4.78, 5) is 2.46. The summed E-state index contributed by atoms with van der Waals surface area (Å²) in [6.45, 7) is 4.43. The molecule has 1 heterocycles. The molecule has 1 aliphatic rings. The Hall–Kier alpha value is -1.64. The lowest BCUT2D eigenvalue weighted by molar-refractivity contribution is 0.0246. The van der Waals surface area contributed by atoms with Gasteiger partial charge in [-0.2, -0.15) is 0 Å². The number of aliphatic hydroxyl groups is 1. The first-order valence-electron chi connectivity index (χ1n) is 8.27. The van der Waals surface area contributed by atoms with Gasteiger partial charge in [-0.25, -0.2) is 0 Å². The van der Waals surface area contributed by atoms with Gasteiger partial charge in [0, 0.05) is 6.54 Å². The monoisotopic (exact) mass is 295 g/mol. The zero-order valence-corrected chi connectivity index (χ0v) is 13.2. The Morgan fingerprint density at radius 2 is 1.55 bits per heavy atom. The molecule has 116 valence electrons. The van der Waals surface area contributed by atoms with Crippen molar-refractivity contribution in [3.63, 3.8) is 0 Å². The first kappa shape index (κ1) is 15.3. The Balaban J connectivity index is 1.92. The average Bonchev–Trinajstić information content (AvgIpc) is 2.57. The molecule has 2 nitrogen and oxygen atoms in total. The van der Waals surface area contributed by atoms with Crippen LogP contribution in [-0.2, 0) is 0 Å². The summed E-state index contributed by atoms with van der Waals surface area (Å²) in [6, 6.07) is 20.5. The van der Waals surface area contributed by atoms with E-state index in [1.807, 2.05) is 36.4 Å². The number of nitrogens with zero attached hydrogens (tertiary/aromatic N) is 1. The van der Waals surface area contributed by atoms with Crippen molar-refractivity contribution in [2.75, 3.05) is 13.1 Å². The normalized spacial score (nSPS) is 22.2. The van der Waals surface area contributed by atoms with Crippen molar-refractivity contribution in [1.29, 1.82) is 0 Å². The highest BCUT2D eigenvalue weighted by atomic mass is 16.3. The summed E-state index contributed by atoms with van der Waals surface area (Å²) >= 11 is 0. The van der Waals surface area contributed by atoms with Crippen LogP contribution in [0.5, 0.6) is 0 Å². The smallest absolute Gasteiger partial charge is 0.0986 e. The Morgan fingerprint density at radius 1 is 0.955 bits per heavy atom. The van der Waals surface area contributed by atoms with Gasteiger partial charge in [-0.1, -0.05) is 67.6 Å². The van der Waals surface area contributed by atoms with Crippen molar-refractivity contribution in [1.82, 2.24) is 4.90 Å². The Labute approximate surface area is 133 Å². The number of likely N-dealkylation sites (tertiary alicyclic amines) is 1. The topological polar surface area (TPSA) is 23.5 Å².